The molecule has 1 aliphatic rings. The predicted molar refractivity (Wildman–Crippen MR) is 76.5 cm³/mol. The van der Waals surface area contributed by atoms with Gasteiger partial charge in [-0.1, -0.05) is 36.4 Å². The molecule has 0 saturated carbocycles. The molecule has 104 valence electrons. The summed E-state index contributed by atoms with van der Waals surface area (Å²) in [5.74, 6) is 0.772. The van der Waals surface area contributed by atoms with Crippen LogP contribution in [0.5, 0.6) is 5.75 Å². The molecule has 2 unspecified atom stereocenters. The molecule has 0 fully saturated rings. The van der Waals surface area contributed by atoms with Gasteiger partial charge < -0.3 is 14.6 Å². The van der Waals surface area contributed by atoms with Crippen molar-refractivity contribution in [2.45, 2.75) is 25.2 Å². The Balaban J connectivity index is 1.87. The zero-order valence-corrected chi connectivity index (χ0v) is 11.5. The molecule has 0 aromatic heterocycles. The summed E-state index contributed by atoms with van der Waals surface area (Å²) >= 11 is 0. The van der Waals surface area contributed by atoms with E-state index in [0.717, 1.165) is 22.4 Å². The number of aliphatic hydroxyl groups is 1. The first kappa shape index (κ1) is 13.2. The van der Waals surface area contributed by atoms with Crippen LogP contribution in [0.25, 0.3) is 0 Å². The molecule has 2 aromatic carbocycles. The van der Waals surface area contributed by atoms with Crippen LogP contribution in [0, 0.1) is 0 Å². The van der Waals surface area contributed by atoms with Crippen molar-refractivity contribution in [1.29, 1.82) is 0 Å². The molecule has 0 amide bonds. The van der Waals surface area contributed by atoms with E-state index >= 15 is 0 Å². The highest BCUT2D eigenvalue weighted by Gasteiger charge is 2.27. The van der Waals surface area contributed by atoms with E-state index < -0.39 is 6.10 Å². The largest absolute Gasteiger partial charge is 0.485 e. The third-order valence-corrected chi connectivity index (χ3v) is 3.62. The molecule has 2 aromatic rings. The van der Waals surface area contributed by atoms with Gasteiger partial charge in [-0.05, 0) is 23.3 Å². The lowest BCUT2D eigenvalue weighted by Crippen LogP contribution is -2.19. The van der Waals surface area contributed by atoms with Gasteiger partial charge in [-0.25, -0.2) is 0 Å². The molecule has 0 radical (unpaired) electrons. The summed E-state index contributed by atoms with van der Waals surface area (Å²) in [6.07, 6.45) is -0.0132. The minimum atomic E-state index is -0.476. The van der Waals surface area contributed by atoms with E-state index in [1.165, 1.54) is 0 Å². The summed E-state index contributed by atoms with van der Waals surface area (Å²) in [5, 5.41) is 10.3. The molecule has 0 bridgehead atoms. The fourth-order valence-electron chi connectivity index (χ4n) is 2.65. The standard InChI is InChI=1S/C17H18O3/c1-19-11-12-5-4-6-13(9-12)17-10-15(18)14-7-2-3-8-16(14)20-17/h2-9,15,17-18H,10-11H2,1H3. The second-order valence-corrected chi connectivity index (χ2v) is 5.07. The van der Waals surface area contributed by atoms with Gasteiger partial charge in [-0.2, -0.15) is 0 Å². The van der Waals surface area contributed by atoms with E-state index in [9.17, 15) is 5.11 Å². The second kappa shape index (κ2) is 5.65. The molecule has 1 heterocycles. The van der Waals surface area contributed by atoms with Crippen molar-refractivity contribution < 1.29 is 14.6 Å². The summed E-state index contributed by atoms with van der Waals surface area (Å²) in [7, 11) is 1.68. The number of hydrogen-bond donors (Lipinski definition) is 1. The third kappa shape index (κ3) is 2.55. The minimum absolute atomic E-state index is 0.114. The molecule has 3 heteroatoms. The van der Waals surface area contributed by atoms with E-state index in [0.29, 0.717) is 13.0 Å². The molecular formula is C17H18O3. The van der Waals surface area contributed by atoms with Gasteiger partial charge in [0, 0.05) is 19.1 Å². The number of benzene rings is 2. The zero-order valence-electron chi connectivity index (χ0n) is 11.5. The molecule has 0 saturated heterocycles. The molecular weight excluding hydrogens is 252 g/mol. The van der Waals surface area contributed by atoms with Crippen molar-refractivity contribution in [3.8, 4) is 5.75 Å². The van der Waals surface area contributed by atoms with E-state index in [4.69, 9.17) is 9.47 Å². The van der Waals surface area contributed by atoms with Crippen molar-refractivity contribution in [3.05, 3.63) is 65.2 Å². The SMILES string of the molecule is COCc1cccc(C2CC(O)c3ccccc3O2)c1. The predicted octanol–water partition coefficient (Wildman–Crippen LogP) is 3.39. The Kier molecular flexibility index (Phi) is 3.72. The van der Waals surface area contributed by atoms with Crippen LogP contribution in [-0.4, -0.2) is 12.2 Å². The quantitative estimate of drug-likeness (QED) is 0.929. The van der Waals surface area contributed by atoms with Crippen LogP contribution in [-0.2, 0) is 11.3 Å². The Hall–Kier alpha value is -1.84. The zero-order chi connectivity index (χ0) is 13.9. The Bertz CT molecular complexity index is 594. The maximum Gasteiger partial charge on any atom is 0.127 e. The Morgan fingerprint density at radius 2 is 2.05 bits per heavy atom. The Morgan fingerprint density at radius 3 is 2.90 bits per heavy atom. The van der Waals surface area contributed by atoms with Crippen molar-refractivity contribution in [3.63, 3.8) is 0 Å². The van der Waals surface area contributed by atoms with Gasteiger partial charge in [0.05, 0.1) is 12.7 Å². The highest BCUT2D eigenvalue weighted by Crippen LogP contribution is 2.40. The summed E-state index contributed by atoms with van der Waals surface area (Å²) in [6, 6.07) is 15.8. The average molecular weight is 270 g/mol. The van der Waals surface area contributed by atoms with Crippen LogP contribution in [0.2, 0.25) is 0 Å². The number of para-hydroxylation sites is 1. The number of aliphatic hydroxyl groups excluding tert-OH is 1. The number of ether oxygens (including phenoxy) is 2. The van der Waals surface area contributed by atoms with Crippen LogP contribution in [0.1, 0.15) is 35.3 Å². The van der Waals surface area contributed by atoms with Crippen molar-refractivity contribution >= 4 is 0 Å². The normalized spacial score (nSPS) is 21.1. The number of fused-ring (bicyclic) bond motifs is 1. The van der Waals surface area contributed by atoms with Crippen molar-refractivity contribution in [2.75, 3.05) is 7.11 Å². The van der Waals surface area contributed by atoms with Gasteiger partial charge in [0.2, 0.25) is 0 Å². The van der Waals surface area contributed by atoms with Crippen LogP contribution >= 0.6 is 0 Å². The van der Waals surface area contributed by atoms with Crippen LogP contribution in [0.4, 0.5) is 0 Å². The van der Waals surface area contributed by atoms with Crippen molar-refractivity contribution in [2.24, 2.45) is 0 Å². The van der Waals surface area contributed by atoms with Gasteiger partial charge in [0.25, 0.3) is 0 Å². The smallest absolute Gasteiger partial charge is 0.127 e. The maximum atomic E-state index is 10.3. The third-order valence-electron chi connectivity index (χ3n) is 3.62. The number of methoxy groups -OCH3 is 1. The first-order chi connectivity index (χ1) is 9.78. The molecule has 3 rings (SSSR count). The molecule has 2 atom stereocenters. The number of hydrogen-bond acceptors (Lipinski definition) is 3. The minimum Gasteiger partial charge on any atom is -0.485 e. The lowest BCUT2D eigenvalue weighted by molar-refractivity contribution is 0.0656. The summed E-state index contributed by atoms with van der Waals surface area (Å²) in [6.45, 7) is 0.583. The molecule has 3 nitrogen and oxygen atoms in total. The molecule has 20 heavy (non-hydrogen) atoms. The molecule has 0 aliphatic carbocycles. The lowest BCUT2D eigenvalue weighted by Gasteiger charge is -2.30. The van der Waals surface area contributed by atoms with Crippen LogP contribution < -0.4 is 4.74 Å². The summed E-state index contributed by atoms with van der Waals surface area (Å²) in [5.41, 5.74) is 3.06. The van der Waals surface area contributed by atoms with Gasteiger partial charge >= 0.3 is 0 Å². The van der Waals surface area contributed by atoms with E-state index in [2.05, 4.69) is 6.07 Å². The van der Waals surface area contributed by atoms with E-state index in [1.54, 1.807) is 7.11 Å². The topological polar surface area (TPSA) is 38.7 Å². The second-order valence-electron chi connectivity index (χ2n) is 5.07. The van der Waals surface area contributed by atoms with Gasteiger partial charge in [0.1, 0.15) is 11.9 Å². The van der Waals surface area contributed by atoms with E-state index in [1.807, 2.05) is 42.5 Å². The molecule has 0 spiro atoms. The first-order valence-corrected chi connectivity index (χ1v) is 6.79. The Labute approximate surface area is 118 Å². The van der Waals surface area contributed by atoms with Crippen LogP contribution in [0.3, 0.4) is 0 Å². The van der Waals surface area contributed by atoms with Crippen LogP contribution in [0.15, 0.2) is 48.5 Å². The molecule has 1 aliphatic heterocycles. The Morgan fingerprint density at radius 1 is 1.20 bits per heavy atom. The first-order valence-electron chi connectivity index (χ1n) is 6.79. The van der Waals surface area contributed by atoms with Gasteiger partial charge in [-0.15, -0.1) is 0 Å². The highest BCUT2D eigenvalue weighted by molar-refractivity contribution is 5.38. The highest BCUT2D eigenvalue weighted by atomic mass is 16.5. The van der Waals surface area contributed by atoms with Crippen molar-refractivity contribution in [1.82, 2.24) is 0 Å². The van der Waals surface area contributed by atoms with Gasteiger partial charge in [0.15, 0.2) is 0 Å². The fraction of sp³-hybridized carbons (Fsp3) is 0.294. The summed E-state index contributed by atoms with van der Waals surface area (Å²) < 4.78 is 11.2. The fourth-order valence-corrected chi connectivity index (χ4v) is 2.65. The number of rotatable bonds is 3. The maximum absolute atomic E-state index is 10.3. The average Bonchev–Trinajstić information content (AvgIpc) is 2.48. The van der Waals surface area contributed by atoms with Gasteiger partial charge in [-0.3, -0.25) is 0 Å². The molecule has 1 N–H and O–H groups in total. The monoisotopic (exact) mass is 270 g/mol. The van der Waals surface area contributed by atoms with E-state index in [-0.39, 0.29) is 6.10 Å². The summed E-state index contributed by atoms with van der Waals surface area (Å²) in [4.78, 5) is 0. The lowest BCUT2D eigenvalue weighted by atomic mass is 9.94.